The quantitative estimate of drug-likeness (QED) is 0.721. The van der Waals surface area contributed by atoms with E-state index in [1.807, 2.05) is 24.4 Å². The number of rotatable bonds is 5. The number of carbonyl (C=O) groups excluding carboxylic acids is 2. The number of carbonyl (C=O) groups is 2. The number of esters is 1. The Morgan fingerprint density at radius 3 is 2.84 bits per heavy atom. The maximum Gasteiger partial charge on any atom is 0.331 e. The monoisotopic (exact) mass is 424 g/mol. The van der Waals surface area contributed by atoms with E-state index in [2.05, 4.69) is 26.2 Å². The molecule has 134 valence electrons. The molecule has 0 radical (unpaired) electrons. The summed E-state index contributed by atoms with van der Waals surface area (Å²) in [5.41, 5.74) is 1.02. The highest BCUT2D eigenvalue weighted by atomic mass is 79.9. The predicted molar refractivity (Wildman–Crippen MR) is 104 cm³/mol. The van der Waals surface area contributed by atoms with Crippen molar-refractivity contribution in [1.82, 2.24) is 10.3 Å². The molecular formula is C18H21BrN2O3S. The van der Waals surface area contributed by atoms with Crippen LogP contribution < -0.4 is 5.32 Å². The van der Waals surface area contributed by atoms with Crippen LogP contribution in [0.1, 0.15) is 25.3 Å². The molecule has 25 heavy (non-hydrogen) atoms. The van der Waals surface area contributed by atoms with Gasteiger partial charge in [0.15, 0.2) is 0 Å². The Kier molecular flexibility index (Phi) is 5.74. The van der Waals surface area contributed by atoms with E-state index in [4.69, 9.17) is 4.74 Å². The van der Waals surface area contributed by atoms with Gasteiger partial charge in [0.05, 0.1) is 13.0 Å². The molecule has 0 aliphatic carbocycles. The fourth-order valence-electron chi connectivity index (χ4n) is 3.15. The van der Waals surface area contributed by atoms with Crippen LogP contribution in [0.15, 0.2) is 28.9 Å². The first-order valence-electron chi connectivity index (χ1n) is 8.35. The second kappa shape index (κ2) is 7.83. The molecule has 2 heterocycles. The molecule has 1 amide bonds. The first-order chi connectivity index (χ1) is 12.0. The molecule has 0 spiro atoms. The number of halogens is 1. The van der Waals surface area contributed by atoms with Crippen LogP contribution in [-0.4, -0.2) is 40.5 Å². The van der Waals surface area contributed by atoms with Gasteiger partial charge in [0, 0.05) is 21.6 Å². The first kappa shape index (κ1) is 18.3. The van der Waals surface area contributed by atoms with E-state index in [1.165, 1.54) is 0 Å². The Balaban J connectivity index is 1.77. The molecule has 3 rings (SSSR count). The van der Waals surface area contributed by atoms with Gasteiger partial charge in [-0.05, 0) is 55.0 Å². The van der Waals surface area contributed by atoms with Gasteiger partial charge < -0.3 is 15.0 Å². The van der Waals surface area contributed by atoms with Crippen molar-refractivity contribution in [3.63, 3.8) is 0 Å². The van der Waals surface area contributed by atoms with E-state index in [0.29, 0.717) is 19.4 Å². The van der Waals surface area contributed by atoms with E-state index in [-0.39, 0.29) is 18.3 Å². The number of thioether (sulfide) groups is 1. The lowest BCUT2D eigenvalue weighted by Gasteiger charge is -2.35. The molecule has 7 heteroatoms. The molecule has 0 atom stereocenters. The van der Waals surface area contributed by atoms with Crippen molar-refractivity contribution in [3.05, 3.63) is 34.4 Å². The minimum absolute atomic E-state index is 0.152. The number of hydrogen-bond acceptors (Lipinski definition) is 4. The number of fused-ring (bicyclic) bond motifs is 1. The molecule has 5 nitrogen and oxygen atoms in total. The van der Waals surface area contributed by atoms with Crippen molar-refractivity contribution in [3.8, 4) is 0 Å². The standard InChI is InChI=1S/C18H21BrN2O3S/c1-2-24-17(23)18(5-7-25-8-6-18)21-16(22)9-12-11-20-15-4-3-13(19)10-14(12)15/h3-4,10-11,20H,2,5-9H2,1H3,(H,21,22). The number of H-pyrrole nitrogens is 1. The zero-order chi connectivity index (χ0) is 17.9. The van der Waals surface area contributed by atoms with Gasteiger partial charge in [-0.15, -0.1) is 0 Å². The lowest BCUT2D eigenvalue weighted by atomic mass is 9.91. The average Bonchev–Trinajstić information content (AvgIpc) is 2.98. The Hall–Kier alpha value is -1.47. The summed E-state index contributed by atoms with van der Waals surface area (Å²) in [6, 6.07) is 5.92. The smallest absolute Gasteiger partial charge is 0.331 e. The molecule has 0 bridgehead atoms. The third-order valence-corrected chi connectivity index (χ3v) is 5.95. The van der Waals surface area contributed by atoms with Gasteiger partial charge in [-0.25, -0.2) is 4.79 Å². The fraction of sp³-hybridized carbons (Fsp3) is 0.444. The van der Waals surface area contributed by atoms with Crippen LogP contribution in [0.25, 0.3) is 10.9 Å². The number of amides is 1. The summed E-state index contributed by atoms with van der Waals surface area (Å²) in [6.45, 7) is 2.11. The van der Waals surface area contributed by atoms with E-state index in [9.17, 15) is 9.59 Å². The van der Waals surface area contributed by atoms with Gasteiger partial charge in [-0.3, -0.25) is 4.79 Å². The van der Waals surface area contributed by atoms with Gasteiger partial charge in [-0.1, -0.05) is 15.9 Å². The summed E-state index contributed by atoms with van der Waals surface area (Å²) in [5, 5.41) is 3.99. The highest BCUT2D eigenvalue weighted by Gasteiger charge is 2.42. The minimum atomic E-state index is -0.884. The van der Waals surface area contributed by atoms with E-state index in [0.717, 1.165) is 32.4 Å². The van der Waals surface area contributed by atoms with Crippen molar-refractivity contribution in [2.75, 3.05) is 18.1 Å². The second-order valence-corrected chi connectivity index (χ2v) is 8.28. The van der Waals surface area contributed by atoms with Gasteiger partial charge in [-0.2, -0.15) is 11.8 Å². The SMILES string of the molecule is CCOC(=O)C1(NC(=O)Cc2c[nH]c3ccc(Br)cc23)CCSCC1. The van der Waals surface area contributed by atoms with Crippen molar-refractivity contribution in [2.24, 2.45) is 0 Å². The molecule has 1 aromatic heterocycles. The topological polar surface area (TPSA) is 71.2 Å². The molecular weight excluding hydrogens is 404 g/mol. The summed E-state index contributed by atoms with van der Waals surface area (Å²) in [7, 11) is 0. The Morgan fingerprint density at radius 1 is 1.36 bits per heavy atom. The largest absolute Gasteiger partial charge is 0.464 e. The van der Waals surface area contributed by atoms with Gasteiger partial charge in [0.2, 0.25) is 5.91 Å². The maximum absolute atomic E-state index is 12.7. The van der Waals surface area contributed by atoms with Crippen LogP contribution in [0.3, 0.4) is 0 Å². The molecule has 1 fully saturated rings. The summed E-state index contributed by atoms with van der Waals surface area (Å²) in [4.78, 5) is 28.3. The molecule has 1 aliphatic rings. The van der Waals surface area contributed by atoms with Crippen LogP contribution in [0.4, 0.5) is 0 Å². The van der Waals surface area contributed by atoms with Gasteiger partial charge >= 0.3 is 5.97 Å². The number of ether oxygens (including phenoxy) is 1. The van der Waals surface area contributed by atoms with Crippen molar-refractivity contribution < 1.29 is 14.3 Å². The number of nitrogens with one attached hydrogen (secondary N) is 2. The Labute approximate surface area is 159 Å². The van der Waals surface area contributed by atoms with Gasteiger partial charge in [0.1, 0.15) is 5.54 Å². The number of aromatic amines is 1. The number of aromatic nitrogens is 1. The third kappa shape index (κ3) is 4.03. The lowest BCUT2D eigenvalue weighted by Crippen LogP contribution is -2.57. The number of benzene rings is 1. The fourth-order valence-corrected chi connectivity index (χ4v) is 4.70. The van der Waals surface area contributed by atoms with Crippen LogP contribution in [0, 0.1) is 0 Å². The van der Waals surface area contributed by atoms with Crippen LogP contribution >= 0.6 is 27.7 Å². The third-order valence-electron chi connectivity index (χ3n) is 4.47. The average molecular weight is 425 g/mol. The molecule has 0 saturated carbocycles. The van der Waals surface area contributed by atoms with Crippen molar-refractivity contribution >= 4 is 50.5 Å². The molecule has 2 N–H and O–H groups in total. The summed E-state index contributed by atoms with van der Waals surface area (Å²) >= 11 is 5.26. The second-order valence-electron chi connectivity index (χ2n) is 6.14. The van der Waals surface area contributed by atoms with E-state index >= 15 is 0 Å². The molecule has 1 aromatic carbocycles. The Morgan fingerprint density at radius 2 is 2.12 bits per heavy atom. The van der Waals surface area contributed by atoms with Crippen LogP contribution in [0.5, 0.6) is 0 Å². The first-order valence-corrected chi connectivity index (χ1v) is 10.3. The zero-order valence-corrected chi connectivity index (χ0v) is 16.5. The van der Waals surface area contributed by atoms with Gasteiger partial charge in [0.25, 0.3) is 0 Å². The normalized spacial score (nSPS) is 16.6. The van der Waals surface area contributed by atoms with Crippen molar-refractivity contribution in [2.45, 2.75) is 31.7 Å². The number of hydrogen-bond donors (Lipinski definition) is 2. The predicted octanol–water partition coefficient (Wildman–Crippen LogP) is 3.42. The minimum Gasteiger partial charge on any atom is -0.464 e. The zero-order valence-electron chi connectivity index (χ0n) is 14.1. The molecule has 0 unspecified atom stereocenters. The maximum atomic E-state index is 12.7. The highest BCUT2D eigenvalue weighted by Crippen LogP contribution is 2.29. The summed E-state index contributed by atoms with van der Waals surface area (Å²) in [5.74, 6) is 1.23. The van der Waals surface area contributed by atoms with Crippen molar-refractivity contribution in [1.29, 1.82) is 0 Å². The highest BCUT2D eigenvalue weighted by molar-refractivity contribution is 9.10. The van der Waals surface area contributed by atoms with E-state index in [1.54, 1.807) is 18.7 Å². The van der Waals surface area contributed by atoms with Crippen LogP contribution in [-0.2, 0) is 20.7 Å². The lowest BCUT2D eigenvalue weighted by molar-refractivity contribution is -0.153. The van der Waals surface area contributed by atoms with E-state index < -0.39 is 5.54 Å². The summed E-state index contributed by atoms with van der Waals surface area (Å²) < 4.78 is 6.20. The summed E-state index contributed by atoms with van der Waals surface area (Å²) in [6.07, 6.45) is 3.30. The van der Waals surface area contributed by atoms with Crippen LogP contribution in [0.2, 0.25) is 0 Å². The Bertz CT molecular complexity index is 784. The molecule has 2 aromatic rings. The molecule has 1 aliphatic heterocycles. The molecule has 1 saturated heterocycles.